The molecule has 1 aliphatic rings. The van der Waals surface area contributed by atoms with Gasteiger partial charge in [-0.05, 0) is 24.7 Å². The maximum Gasteiger partial charge on any atom is 0.307 e. The normalized spacial score (nSPS) is 36.3. The molecular weight excluding hydrogens is 152 g/mol. The summed E-state index contributed by atoms with van der Waals surface area (Å²) in [6.07, 6.45) is 5.24. The van der Waals surface area contributed by atoms with Crippen LogP contribution in [0.25, 0.3) is 0 Å². The summed E-state index contributed by atoms with van der Waals surface area (Å²) in [5.41, 5.74) is 0.0596. The molecule has 0 aliphatic heterocycles. The SMILES string of the molecule is CC[C@@]1(C)CCCC[C@@H]1C(=O)O. The summed E-state index contributed by atoms with van der Waals surface area (Å²) >= 11 is 0. The van der Waals surface area contributed by atoms with Gasteiger partial charge in [0.15, 0.2) is 0 Å². The Balaban J connectivity index is 2.73. The Morgan fingerprint density at radius 2 is 2.25 bits per heavy atom. The Hall–Kier alpha value is -0.530. The smallest absolute Gasteiger partial charge is 0.307 e. The van der Waals surface area contributed by atoms with Gasteiger partial charge in [-0.2, -0.15) is 0 Å². The molecule has 2 heteroatoms. The van der Waals surface area contributed by atoms with Gasteiger partial charge in [-0.25, -0.2) is 0 Å². The van der Waals surface area contributed by atoms with Crippen molar-refractivity contribution in [1.29, 1.82) is 0 Å². The molecule has 2 atom stereocenters. The lowest BCUT2D eigenvalue weighted by Crippen LogP contribution is -2.35. The lowest BCUT2D eigenvalue weighted by atomic mass is 9.66. The number of carboxylic acids is 1. The third-order valence-corrected chi connectivity index (χ3v) is 3.44. The Bertz CT molecular complexity index is 177. The molecule has 0 aromatic rings. The fourth-order valence-electron chi connectivity index (χ4n) is 2.24. The average molecular weight is 170 g/mol. The van der Waals surface area contributed by atoms with E-state index in [0.717, 1.165) is 25.7 Å². The van der Waals surface area contributed by atoms with E-state index in [-0.39, 0.29) is 11.3 Å². The molecule has 0 saturated heterocycles. The number of hydrogen-bond donors (Lipinski definition) is 1. The van der Waals surface area contributed by atoms with E-state index < -0.39 is 5.97 Å². The van der Waals surface area contributed by atoms with Crippen molar-refractivity contribution in [3.05, 3.63) is 0 Å². The third kappa shape index (κ3) is 1.62. The summed E-state index contributed by atoms with van der Waals surface area (Å²) in [7, 11) is 0. The van der Waals surface area contributed by atoms with Crippen molar-refractivity contribution in [2.75, 3.05) is 0 Å². The number of carboxylic acid groups (broad SMARTS) is 1. The summed E-state index contributed by atoms with van der Waals surface area (Å²) in [5, 5.41) is 9.00. The van der Waals surface area contributed by atoms with E-state index in [1.807, 2.05) is 0 Å². The van der Waals surface area contributed by atoms with Gasteiger partial charge in [0.25, 0.3) is 0 Å². The highest BCUT2D eigenvalue weighted by atomic mass is 16.4. The second kappa shape index (κ2) is 3.46. The van der Waals surface area contributed by atoms with Crippen LogP contribution in [0.15, 0.2) is 0 Å². The van der Waals surface area contributed by atoms with Gasteiger partial charge in [-0.3, -0.25) is 4.79 Å². The minimum absolute atomic E-state index is 0.0596. The van der Waals surface area contributed by atoms with Crippen LogP contribution in [-0.4, -0.2) is 11.1 Å². The molecule has 12 heavy (non-hydrogen) atoms. The van der Waals surface area contributed by atoms with Crippen LogP contribution in [0.5, 0.6) is 0 Å². The van der Waals surface area contributed by atoms with Crippen LogP contribution in [0.1, 0.15) is 46.0 Å². The molecule has 0 heterocycles. The largest absolute Gasteiger partial charge is 0.481 e. The van der Waals surface area contributed by atoms with Crippen LogP contribution in [0.4, 0.5) is 0 Å². The van der Waals surface area contributed by atoms with Crippen molar-refractivity contribution < 1.29 is 9.90 Å². The first-order valence-corrected chi connectivity index (χ1v) is 4.83. The van der Waals surface area contributed by atoms with Crippen molar-refractivity contribution in [2.24, 2.45) is 11.3 Å². The van der Waals surface area contributed by atoms with Crippen molar-refractivity contribution in [1.82, 2.24) is 0 Å². The Kier molecular flexibility index (Phi) is 2.76. The fourth-order valence-corrected chi connectivity index (χ4v) is 2.24. The number of rotatable bonds is 2. The van der Waals surface area contributed by atoms with Gasteiger partial charge in [0.2, 0.25) is 0 Å². The van der Waals surface area contributed by atoms with Gasteiger partial charge in [0.05, 0.1) is 5.92 Å². The highest BCUT2D eigenvalue weighted by molar-refractivity contribution is 5.71. The number of aliphatic carboxylic acids is 1. The number of hydrogen-bond acceptors (Lipinski definition) is 1. The zero-order chi connectivity index (χ0) is 9.19. The van der Waals surface area contributed by atoms with E-state index in [2.05, 4.69) is 13.8 Å². The van der Waals surface area contributed by atoms with E-state index >= 15 is 0 Å². The van der Waals surface area contributed by atoms with E-state index in [1.54, 1.807) is 0 Å². The fraction of sp³-hybridized carbons (Fsp3) is 0.900. The maximum atomic E-state index is 10.9. The topological polar surface area (TPSA) is 37.3 Å². The molecule has 0 amide bonds. The third-order valence-electron chi connectivity index (χ3n) is 3.44. The van der Waals surface area contributed by atoms with Crippen LogP contribution >= 0.6 is 0 Å². The summed E-state index contributed by atoms with van der Waals surface area (Å²) in [4.78, 5) is 10.9. The molecule has 1 fully saturated rings. The van der Waals surface area contributed by atoms with Crippen LogP contribution < -0.4 is 0 Å². The first-order valence-electron chi connectivity index (χ1n) is 4.83. The Morgan fingerprint density at radius 3 is 2.67 bits per heavy atom. The highest BCUT2D eigenvalue weighted by Gasteiger charge is 2.39. The first-order chi connectivity index (χ1) is 5.60. The van der Waals surface area contributed by atoms with E-state index in [9.17, 15) is 4.79 Å². The molecule has 70 valence electrons. The van der Waals surface area contributed by atoms with E-state index in [4.69, 9.17) is 5.11 Å². The zero-order valence-corrected chi connectivity index (χ0v) is 7.97. The van der Waals surface area contributed by atoms with Gasteiger partial charge in [0, 0.05) is 0 Å². The molecule has 2 nitrogen and oxygen atoms in total. The summed E-state index contributed by atoms with van der Waals surface area (Å²) in [6, 6.07) is 0. The molecule has 0 bridgehead atoms. The molecule has 0 spiro atoms. The van der Waals surface area contributed by atoms with Crippen LogP contribution in [0, 0.1) is 11.3 Å². The predicted octanol–water partition coefficient (Wildman–Crippen LogP) is 2.68. The van der Waals surface area contributed by atoms with E-state index in [1.165, 1.54) is 6.42 Å². The lowest BCUT2D eigenvalue weighted by molar-refractivity contribution is -0.148. The quantitative estimate of drug-likeness (QED) is 0.691. The lowest BCUT2D eigenvalue weighted by Gasteiger charge is -2.38. The van der Waals surface area contributed by atoms with Gasteiger partial charge in [-0.15, -0.1) is 0 Å². The molecular formula is C10H18O2. The summed E-state index contributed by atoms with van der Waals surface area (Å²) in [5.74, 6) is -0.699. The molecule has 0 aromatic heterocycles. The summed E-state index contributed by atoms with van der Waals surface area (Å²) < 4.78 is 0. The van der Waals surface area contributed by atoms with Gasteiger partial charge >= 0.3 is 5.97 Å². The van der Waals surface area contributed by atoms with E-state index in [0.29, 0.717) is 0 Å². The Morgan fingerprint density at radius 1 is 1.58 bits per heavy atom. The molecule has 1 rings (SSSR count). The molecule has 1 saturated carbocycles. The van der Waals surface area contributed by atoms with Crippen molar-refractivity contribution in [3.8, 4) is 0 Å². The Labute approximate surface area is 74.0 Å². The maximum absolute atomic E-state index is 10.9. The summed E-state index contributed by atoms with van der Waals surface area (Å²) in [6.45, 7) is 4.21. The first kappa shape index (κ1) is 9.56. The van der Waals surface area contributed by atoms with Crippen LogP contribution in [0.3, 0.4) is 0 Å². The van der Waals surface area contributed by atoms with Crippen molar-refractivity contribution >= 4 is 5.97 Å². The van der Waals surface area contributed by atoms with Gasteiger partial charge in [0.1, 0.15) is 0 Å². The zero-order valence-electron chi connectivity index (χ0n) is 7.97. The standard InChI is InChI=1S/C10H18O2/c1-3-10(2)7-5-4-6-8(10)9(11)12/h8H,3-7H2,1-2H3,(H,11,12)/t8-,10+/m1/s1. The molecule has 1 N–H and O–H groups in total. The second-order valence-corrected chi connectivity index (χ2v) is 4.14. The molecule has 0 radical (unpaired) electrons. The van der Waals surface area contributed by atoms with Crippen LogP contribution in [-0.2, 0) is 4.79 Å². The van der Waals surface area contributed by atoms with Crippen LogP contribution in [0.2, 0.25) is 0 Å². The molecule has 1 aliphatic carbocycles. The van der Waals surface area contributed by atoms with Crippen molar-refractivity contribution in [3.63, 3.8) is 0 Å². The second-order valence-electron chi connectivity index (χ2n) is 4.14. The van der Waals surface area contributed by atoms with Gasteiger partial charge < -0.3 is 5.11 Å². The highest BCUT2D eigenvalue weighted by Crippen LogP contribution is 2.43. The minimum atomic E-state index is -0.598. The molecule has 0 unspecified atom stereocenters. The average Bonchev–Trinajstić information content (AvgIpc) is 2.05. The molecule has 0 aromatic carbocycles. The predicted molar refractivity (Wildman–Crippen MR) is 48.0 cm³/mol. The van der Waals surface area contributed by atoms with Gasteiger partial charge in [-0.1, -0.05) is 26.7 Å². The van der Waals surface area contributed by atoms with Crippen molar-refractivity contribution in [2.45, 2.75) is 46.0 Å². The number of carbonyl (C=O) groups is 1. The minimum Gasteiger partial charge on any atom is -0.481 e. The monoisotopic (exact) mass is 170 g/mol.